The van der Waals surface area contributed by atoms with Gasteiger partial charge in [-0.05, 0) is 12.8 Å². The molecule has 1 atom stereocenters. The molecule has 1 heterocycles. The van der Waals surface area contributed by atoms with E-state index in [0.29, 0.717) is 13.1 Å². The van der Waals surface area contributed by atoms with Crippen LogP contribution in [-0.2, 0) is 0 Å². The van der Waals surface area contributed by atoms with Crippen LogP contribution in [0, 0.1) is 10.1 Å². The molecule has 2 rings (SSSR count). The van der Waals surface area contributed by atoms with E-state index in [2.05, 4.69) is 0 Å². The molecule has 0 spiro atoms. The lowest BCUT2D eigenvalue weighted by molar-refractivity contribution is -0.385. The van der Waals surface area contributed by atoms with Crippen LogP contribution in [0.1, 0.15) is 23.2 Å². The molecular formula is C14H20ClN3O5. The molecule has 8 nitrogen and oxygen atoms in total. The van der Waals surface area contributed by atoms with Crippen molar-refractivity contribution in [1.29, 1.82) is 0 Å². The molecule has 1 saturated heterocycles. The molecule has 0 aromatic heterocycles. The fourth-order valence-electron chi connectivity index (χ4n) is 2.56. The SMILES string of the molecule is COc1cc(C(=O)N2CCCC(N)C2)c([N+](=O)[O-])cc1OC.Cl. The number of piperidine rings is 1. The molecule has 2 N–H and O–H groups in total. The second-order valence-corrected chi connectivity index (χ2v) is 5.13. The number of methoxy groups -OCH3 is 2. The van der Waals surface area contributed by atoms with Crippen molar-refractivity contribution in [2.45, 2.75) is 18.9 Å². The first-order chi connectivity index (χ1) is 10.5. The van der Waals surface area contributed by atoms with E-state index in [1.165, 1.54) is 26.4 Å². The molecule has 1 aliphatic rings. The van der Waals surface area contributed by atoms with Crippen LogP contribution >= 0.6 is 12.4 Å². The van der Waals surface area contributed by atoms with Crippen LogP contribution in [0.2, 0.25) is 0 Å². The Morgan fingerprint density at radius 1 is 1.35 bits per heavy atom. The van der Waals surface area contributed by atoms with Crippen molar-refractivity contribution >= 4 is 24.0 Å². The number of benzene rings is 1. The Morgan fingerprint density at radius 3 is 2.48 bits per heavy atom. The number of amides is 1. The van der Waals surface area contributed by atoms with Gasteiger partial charge in [0.2, 0.25) is 0 Å². The molecule has 1 aliphatic heterocycles. The van der Waals surface area contributed by atoms with Gasteiger partial charge in [-0.15, -0.1) is 12.4 Å². The summed E-state index contributed by atoms with van der Waals surface area (Å²) >= 11 is 0. The number of likely N-dealkylation sites (tertiary alicyclic amines) is 1. The van der Waals surface area contributed by atoms with E-state index in [1.54, 1.807) is 4.90 Å². The summed E-state index contributed by atoms with van der Waals surface area (Å²) in [4.78, 5) is 24.8. The number of rotatable bonds is 4. The highest BCUT2D eigenvalue weighted by Gasteiger charge is 2.30. The minimum absolute atomic E-state index is 0. The highest BCUT2D eigenvalue weighted by atomic mass is 35.5. The second-order valence-electron chi connectivity index (χ2n) is 5.13. The number of carbonyl (C=O) groups is 1. The van der Waals surface area contributed by atoms with Crippen LogP contribution in [-0.4, -0.2) is 49.1 Å². The lowest BCUT2D eigenvalue weighted by Gasteiger charge is -2.30. The average Bonchev–Trinajstić information content (AvgIpc) is 2.52. The Kier molecular flexibility index (Phi) is 6.59. The lowest BCUT2D eigenvalue weighted by atomic mass is 10.0. The normalized spacial score (nSPS) is 17.2. The summed E-state index contributed by atoms with van der Waals surface area (Å²) in [5.41, 5.74) is 5.55. The average molecular weight is 346 g/mol. The number of halogens is 1. The van der Waals surface area contributed by atoms with Gasteiger partial charge in [-0.25, -0.2) is 0 Å². The maximum atomic E-state index is 12.6. The number of nitrogens with zero attached hydrogens (tertiary/aromatic N) is 2. The highest BCUT2D eigenvalue weighted by Crippen LogP contribution is 2.35. The Labute approximate surface area is 140 Å². The summed E-state index contributed by atoms with van der Waals surface area (Å²) in [6.07, 6.45) is 1.63. The zero-order chi connectivity index (χ0) is 16.3. The van der Waals surface area contributed by atoms with Gasteiger partial charge < -0.3 is 20.1 Å². The number of nitro groups is 1. The van der Waals surface area contributed by atoms with Crippen molar-refractivity contribution in [3.8, 4) is 11.5 Å². The first kappa shape index (κ1) is 19.0. The summed E-state index contributed by atoms with van der Waals surface area (Å²) in [5, 5.41) is 11.3. The zero-order valence-electron chi connectivity index (χ0n) is 13.0. The first-order valence-corrected chi connectivity index (χ1v) is 6.93. The monoisotopic (exact) mass is 345 g/mol. The number of nitro benzene ring substituents is 1. The van der Waals surface area contributed by atoms with E-state index in [-0.39, 0.29) is 41.2 Å². The van der Waals surface area contributed by atoms with Gasteiger partial charge in [0.05, 0.1) is 25.2 Å². The quantitative estimate of drug-likeness (QED) is 0.656. The molecule has 0 radical (unpaired) electrons. The van der Waals surface area contributed by atoms with Gasteiger partial charge in [-0.2, -0.15) is 0 Å². The summed E-state index contributed by atoms with van der Waals surface area (Å²) in [5.74, 6) is 0.0710. The van der Waals surface area contributed by atoms with Crippen molar-refractivity contribution in [2.24, 2.45) is 5.73 Å². The fraction of sp³-hybridized carbons (Fsp3) is 0.500. The predicted molar refractivity (Wildman–Crippen MR) is 86.6 cm³/mol. The maximum absolute atomic E-state index is 12.6. The Bertz CT molecular complexity index is 596. The summed E-state index contributed by atoms with van der Waals surface area (Å²) in [6.45, 7) is 0.933. The molecule has 1 amide bonds. The molecule has 9 heteroatoms. The molecule has 1 unspecified atom stereocenters. The molecule has 128 valence electrons. The standard InChI is InChI=1S/C14H19N3O5.ClH/c1-21-12-6-10(11(17(19)20)7-13(12)22-2)14(18)16-5-3-4-9(15)8-16;/h6-7,9H,3-5,8,15H2,1-2H3;1H. The Morgan fingerprint density at radius 2 is 1.96 bits per heavy atom. The van der Waals surface area contributed by atoms with Crippen LogP contribution in [0.15, 0.2) is 12.1 Å². The van der Waals surface area contributed by atoms with E-state index < -0.39 is 10.8 Å². The van der Waals surface area contributed by atoms with Crippen molar-refractivity contribution in [3.05, 3.63) is 27.8 Å². The largest absolute Gasteiger partial charge is 0.493 e. The van der Waals surface area contributed by atoms with Crippen LogP contribution in [0.5, 0.6) is 11.5 Å². The molecular weight excluding hydrogens is 326 g/mol. The predicted octanol–water partition coefficient (Wildman–Crippen LogP) is 1.60. The van der Waals surface area contributed by atoms with Crippen LogP contribution in [0.3, 0.4) is 0 Å². The number of hydrogen-bond donors (Lipinski definition) is 1. The summed E-state index contributed by atoms with van der Waals surface area (Å²) < 4.78 is 10.2. The van der Waals surface area contributed by atoms with Crippen molar-refractivity contribution in [1.82, 2.24) is 4.90 Å². The summed E-state index contributed by atoms with van der Waals surface area (Å²) in [6, 6.07) is 2.45. The van der Waals surface area contributed by atoms with Crippen LogP contribution < -0.4 is 15.2 Å². The zero-order valence-corrected chi connectivity index (χ0v) is 13.8. The summed E-state index contributed by atoms with van der Waals surface area (Å²) in [7, 11) is 2.79. The third-order valence-electron chi connectivity index (χ3n) is 3.67. The Hall–Kier alpha value is -2.06. The van der Waals surface area contributed by atoms with Gasteiger partial charge in [0.1, 0.15) is 5.56 Å². The van der Waals surface area contributed by atoms with Crippen LogP contribution in [0.25, 0.3) is 0 Å². The minimum atomic E-state index is -0.598. The Balaban J connectivity index is 0.00000264. The van der Waals surface area contributed by atoms with Gasteiger partial charge in [0.25, 0.3) is 11.6 Å². The minimum Gasteiger partial charge on any atom is -0.493 e. The van der Waals surface area contributed by atoms with E-state index in [9.17, 15) is 14.9 Å². The molecule has 1 fully saturated rings. The first-order valence-electron chi connectivity index (χ1n) is 6.93. The van der Waals surface area contributed by atoms with Gasteiger partial charge in [-0.3, -0.25) is 14.9 Å². The van der Waals surface area contributed by atoms with Crippen molar-refractivity contribution < 1.29 is 19.2 Å². The second kappa shape index (κ2) is 7.98. The lowest BCUT2D eigenvalue weighted by Crippen LogP contribution is -2.45. The fourth-order valence-corrected chi connectivity index (χ4v) is 2.56. The highest BCUT2D eigenvalue weighted by molar-refractivity contribution is 5.99. The molecule has 0 aliphatic carbocycles. The topological polar surface area (TPSA) is 108 Å². The number of hydrogen-bond acceptors (Lipinski definition) is 6. The molecule has 23 heavy (non-hydrogen) atoms. The van der Waals surface area contributed by atoms with Gasteiger partial charge in [-0.1, -0.05) is 0 Å². The molecule has 1 aromatic rings. The number of ether oxygens (including phenoxy) is 2. The van der Waals surface area contributed by atoms with Crippen molar-refractivity contribution in [2.75, 3.05) is 27.3 Å². The third-order valence-corrected chi connectivity index (χ3v) is 3.67. The van der Waals surface area contributed by atoms with Crippen molar-refractivity contribution in [3.63, 3.8) is 0 Å². The molecule has 0 saturated carbocycles. The van der Waals surface area contributed by atoms with Crippen LogP contribution in [0.4, 0.5) is 5.69 Å². The van der Waals surface area contributed by atoms with E-state index >= 15 is 0 Å². The van der Waals surface area contributed by atoms with E-state index in [4.69, 9.17) is 15.2 Å². The molecule has 1 aromatic carbocycles. The molecule has 0 bridgehead atoms. The maximum Gasteiger partial charge on any atom is 0.286 e. The number of nitrogens with two attached hydrogens (primary N) is 1. The third kappa shape index (κ3) is 4.02. The smallest absolute Gasteiger partial charge is 0.286 e. The number of carbonyl (C=O) groups excluding carboxylic acids is 1. The van der Waals surface area contributed by atoms with E-state index in [1.807, 2.05) is 0 Å². The van der Waals surface area contributed by atoms with Gasteiger partial charge >= 0.3 is 0 Å². The van der Waals surface area contributed by atoms with Gasteiger partial charge in [0, 0.05) is 25.2 Å². The van der Waals surface area contributed by atoms with E-state index in [0.717, 1.165) is 12.8 Å². The van der Waals surface area contributed by atoms with Gasteiger partial charge in [0.15, 0.2) is 11.5 Å².